The maximum absolute atomic E-state index is 3.78. The van der Waals surface area contributed by atoms with E-state index in [0.717, 1.165) is 15.4 Å². The van der Waals surface area contributed by atoms with Crippen LogP contribution in [0.4, 0.5) is 0 Å². The summed E-state index contributed by atoms with van der Waals surface area (Å²) < 4.78 is 2.24. The lowest BCUT2D eigenvalue weighted by Crippen LogP contribution is -1.95. The highest BCUT2D eigenvalue weighted by molar-refractivity contribution is 9.11. The first-order valence-electron chi connectivity index (χ1n) is 4.19. The van der Waals surface area contributed by atoms with E-state index in [4.69, 9.17) is 0 Å². The normalized spacial score (nSPS) is 12.5. The van der Waals surface area contributed by atoms with Gasteiger partial charge in [-0.3, -0.25) is 0 Å². The Morgan fingerprint density at radius 3 is 2.31 bits per heavy atom. The van der Waals surface area contributed by atoms with Gasteiger partial charge in [0.05, 0.1) is 0 Å². The van der Waals surface area contributed by atoms with E-state index >= 15 is 0 Å². The van der Waals surface area contributed by atoms with Gasteiger partial charge in [-0.15, -0.1) is 6.58 Å². The monoisotopic (exact) mass is 302 g/mol. The van der Waals surface area contributed by atoms with Gasteiger partial charge in [0.1, 0.15) is 0 Å². The van der Waals surface area contributed by atoms with E-state index in [1.807, 2.05) is 12.1 Å². The van der Waals surface area contributed by atoms with Crippen molar-refractivity contribution in [3.8, 4) is 0 Å². The second-order valence-electron chi connectivity index (χ2n) is 3.19. The Labute approximate surface area is 96.3 Å². The third-order valence-electron chi connectivity index (χ3n) is 1.88. The lowest BCUT2D eigenvalue weighted by Gasteiger charge is -2.06. The largest absolute Gasteiger partial charge is 0.103 e. The third kappa shape index (κ3) is 3.65. The third-order valence-corrected chi connectivity index (χ3v) is 2.80. The Bertz CT molecular complexity index is 285. The van der Waals surface area contributed by atoms with Crippen molar-refractivity contribution in [1.82, 2.24) is 0 Å². The van der Waals surface area contributed by atoms with Gasteiger partial charge in [-0.2, -0.15) is 0 Å². The summed E-state index contributed by atoms with van der Waals surface area (Å²) in [5.74, 6) is 0.529. The molecule has 0 spiro atoms. The van der Waals surface area contributed by atoms with Crippen molar-refractivity contribution in [2.24, 2.45) is 5.92 Å². The Kier molecular flexibility index (Phi) is 4.20. The van der Waals surface area contributed by atoms with Crippen LogP contribution in [0.15, 0.2) is 39.8 Å². The Morgan fingerprint density at radius 2 is 1.85 bits per heavy atom. The van der Waals surface area contributed by atoms with Crippen molar-refractivity contribution in [3.63, 3.8) is 0 Å². The predicted molar refractivity (Wildman–Crippen MR) is 64.9 cm³/mol. The summed E-state index contributed by atoms with van der Waals surface area (Å²) in [5.41, 5.74) is 1.33. The van der Waals surface area contributed by atoms with Crippen molar-refractivity contribution >= 4 is 31.9 Å². The lowest BCUT2D eigenvalue weighted by atomic mass is 10.0. The van der Waals surface area contributed by atoms with E-state index in [0.29, 0.717) is 5.92 Å². The predicted octanol–water partition coefficient (Wildman–Crippen LogP) is 4.58. The summed E-state index contributed by atoms with van der Waals surface area (Å²) in [5, 5.41) is 0. The quantitative estimate of drug-likeness (QED) is 0.717. The molecule has 1 unspecified atom stereocenters. The molecule has 0 aromatic heterocycles. The topological polar surface area (TPSA) is 0 Å². The fourth-order valence-electron chi connectivity index (χ4n) is 1.18. The van der Waals surface area contributed by atoms with Crippen LogP contribution in [-0.2, 0) is 6.42 Å². The van der Waals surface area contributed by atoms with Crippen LogP contribution in [0.25, 0.3) is 0 Å². The maximum Gasteiger partial charge on any atom is 0.0189 e. The molecule has 0 radical (unpaired) electrons. The second kappa shape index (κ2) is 4.97. The van der Waals surface area contributed by atoms with Crippen LogP contribution in [0.3, 0.4) is 0 Å². The summed E-state index contributed by atoms with van der Waals surface area (Å²) in [4.78, 5) is 0. The zero-order chi connectivity index (χ0) is 9.84. The Balaban J connectivity index is 2.82. The van der Waals surface area contributed by atoms with E-state index < -0.39 is 0 Å². The second-order valence-corrected chi connectivity index (χ2v) is 5.03. The van der Waals surface area contributed by atoms with Crippen molar-refractivity contribution in [2.75, 3.05) is 0 Å². The molecule has 1 aromatic rings. The molecule has 0 N–H and O–H groups in total. The number of hydrogen-bond acceptors (Lipinski definition) is 0. The molecule has 70 valence electrons. The van der Waals surface area contributed by atoms with Gasteiger partial charge in [-0.1, -0.05) is 44.9 Å². The first-order chi connectivity index (χ1) is 6.11. The maximum atomic E-state index is 3.78. The fraction of sp³-hybridized carbons (Fsp3) is 0.273. The number of allylic oxidation sites excluding steroid dienone is 1. The Morgan fingerprint density at radius 1 is 1.31 bits per heavy atom. The first-order valence-corrected chi connectivity index (χ1v) is 5.78. The molecule has 0 saturated heterocycles. The van der Waals surface area contributed by atoms with Crippen LogP contribution in [-0.4, -0.2) is 0 Å². The average Bonchev–Trinajstić information content (AvgIpc) is 2.02. The first kappa shape index (κ1) is 11.0. The van der Waals surface area contributed by atoms with E-state index in [2.05, 4.69) is 57.5 Å². The van der Waals surface area contributed by atoms with Crippen LogP contribution >= 0.6 is 31.9 Å². The van der Waals surface area contributed by atoms with Crippen LogP contribution in [0, 0.1) is 5.92 Å². The molecular weight excluding hydrogens is 292 g/mol. The van der Waals surface area contributed by atoms with Gasteiger partial charge >= 0.3 is 0 Å². The molecule has 0 nitrogen and oxygen atoms in total. The summed E-state index contributed by atoms with van der Waals surface area (Å²) in [7, 11) is 0. The molecule has 13 heavy (non-hydrogen) atoms. The van der Waals surface area contributed by atoms with E-state index in [-0.39, 0.29) is 0 Å². The van der Waals surface area contributed by atoms with E-state index in [9.17, 15) is 0 Å². The number of rotatable bonds is 3. The average molecular weight is 304 g/mol. The molecule has 1 aromatic carbocycles. The van der Waals surface area contributed by atoms with Gasteiger partial charge in [0, 0.05) is 8.95 Å². The van der Waals surface area contributed by atoms with Gasteiger partial charge in [0.25, 0.3) is 0 Å². The zero-order valence-corrected chi connectivity index (χ0v) is 10.7. The van der Waals surface area contributed by atoms with E-state index in [1.165, 1.54) is 5.56 Å². The molecule has 0 bridgehead atoms. The summed E-state index contributed by atoms with van der Waals surface area (Å²) in [6, 6.07) is 6.33. The molecular formula is C11H12Br2. The molecule has 0 aliphatic carbocycles. The summed E-state index contributed by atoms with van der Waals surface area (Å²) >= 11 is 6.94. The van der Waals surface area contributed by atoms with Crippen LogP contribution in [0.5, 0.6) is 0 Å². The number of hydrogen-bond donors (Lipinski definition) is 0. The highest BCUT2D eigenvalue weighted by atomic mass is 79.9. The molecule has 0 fully saturated rings. The SMILES string of the molecule is C=CC(C)Cc1cc(Br)cc(Br)c1. The molecule has 0 amide bonds. The lowest BCUT2D eigenvalue weighted by molar-refractivity contribution is 0.725. The van der Waals surface area contributed by atoms with Crippen LogP contribution in [0.2, 0.25) is 0 Å². The minimum absolute atomic E-state index is 0.529. The van der Waals surface area contributed by atoms with E-state index in [1.54, 1.807) is 0 Å². The molecule has 0 aliphatic rings. The van der Waals surface area contributed by atoms with Crippen LogP contribution < -0.4 is 0 Å². The molecule has 0 aliphatic heterocycles. The van der Waals surface area contributed by atoms with Gasteiger partial charge in [0.2, 0.25) is 0 Å². The van der Waals surface area contributed by atoms with Gasteiger partial charge in [-0.05, 0) is 36.1 Å². The molecule has 1 rings (SSSR count). The summed E-state index contributed by atoms with van der Waals surface area (Å²) in [6.07, 6.45) is 3.02. The minimum Gasteiger partial charge on any atom is -0.103 e. The van der Waals surface area contributed by atoms with Gasteiger partial charge < -0.3 is 0 Å². The van der Waals surface area contributed by atoms with Crippen molar-refractivity contribution in [3.05, 3.63) is 45.4 Å². The highest BCUT2D eigenvalue weighted by Gasteiger charge is 2.01. The number of benzene rings is 1. The summed E-state index contributed by atoms with van der Waals surface area (Å²) in [6.45, 7) is 5.95. The fourth-order valence-corrected chi connectivity index (χ4v) is 2.57. The van der Waals surface area contributed by atoms with Crippen LogP contribution in [0.1, 0.15) is 12.5 Å². The highest BCUT2D eigenvalue weighted by Crippen LogP contribution is 2.22. The Hall–Kier alpha value is -0.0800. The standard InChI is InChI=1S/C11H12Br2/c1-3-8(2)4-9-5-10(12)7-11(13)6-9/h3,5-8H,1,4H2,2H3. The van der Waals surface area contributed by atoms with Crippen molar-refractivity contribution in [2.45, 2.75) is 13.3 Å². The minimum atomic E-state index is 0.529. The van der Waals surface area contributed by atoms with Gasteiger partial charge in [-0.25, -0.2) is 0 Å². The molecule has 1 atom stereocenters. The smallest absolute Gasteiger partial charge is 0.0189 e. The molecule has 0 heterocycles. The molecule has 2 heteroatoms. The number of halogens is 2. The van der Waals surface area contributed by atoms with Crippen molar-refractivity contribution < 1.29 is 0 Å². The van der Waals surface area contributed by atoms with Crippen molar-refractivity contribution in [1.29, 1.82) is 0 Å². The molecule has 0 saturated carbocycles. The zero-order valence-electron chi connectivity index (χ0n) is 7.56. The van der Waals surface area contributed by atoms with Gasteiger partial charge in [0.15, 0.2) is 0 Å².